The standard InChI is InChI=1S/C16H19N3/c1-19(15-5-3-2-4-6-15)16-9-10-17-14(11-16)12-18-13-7-8-13/h2-6,9-11,13,18H,7-8,12H2,1H3. The van der Waals surface area contributed by atoms with E-state index < -0.39 is 0 Å². The third kappa shape index (κ3) is 3.12. The highest BCUT2D eigenvalue weighted by atomic mass is 15.1. The van der Waals surface area contributed by atoms with Crippen LogP contribution in [0.2, 0.25) is 0 Å². The molecule has 1 heterocycles. The van der Waals surface area contributed by atoms with E-state index in [-0.39, 0.29) is 0 Å². The Labute approximate surface area is 114 Å². The minimum atomic E-state index is 0.720. The van der Waals surface area contributed by atoms with Gasteiger partial charge < -0.3 is 10.2 Å². The molecule has 0 atom stereocenters. The molecule has 1 saturated carbocycles. The third-order valence-electron chi connectivity index (χ3n) is 3.48. The summed E-state index contributed by atoms with van der Waals surface area (Å²) in [7, 11) is 2.09. The first kappa shape index (κ1) is 12.2. The van der Waals surface area contributed by atoms with Crippen LogP contribution < -0.4 is 10.2 Å². The molecule has 19 heavy (non-hydrogen) atoms. The summed E-state index contributed by atoms with van der Waals surface area (Å²) in [6, 6.07) is 15.3. The van der Waals surface area contributed by atoms with E-state index in [9.17, 15) is 0 Å². The van der Waals surface area contributed by atoms with Crippen molar-refractivity contribution in [2.45, 2.75) is 25.4 Å². The van der Waals surface area contributed by atoms with Crippen LogP contribution in [0.15, 0.2) is 48.7 Å². The summed E-state index contributed by atoms with van der Waals surface area (Å²) < 4.78 is 0. The number of rotatable bonds is 5. The number of aromatic nitrogens is 1. The van der Waals surface area contributed by atoms with Gasteiger partial charge in [-0.1, -0.05) is 18.2 Å². The Morgan fingerprint density at radius 3 is 2.68 bits per heavy atom. The van der Waals surface area contributed by atoms with Crippen LogP contribution >= 0.6 is 0 Å². The number of anilines is 2. The van der Waals surface area contributed by atoms with Crippen LogP contribution in [0.5, 0.6) is 0 Å². The van der Waals surface area contributed by atoms with Crippen LogP contribution in [0.3, 0.4) is 0 Å². The van der Waals surface area contributed by atoms with Gasteiger partial charge in [0.1, 0.15) is 0 Å². The number of para-hydroxylation sites is 1. The lowest BCUT2D eigenvalue weighted by atomic mass is 10.2. The van der Waals surface area contributed by atoms with E-state index in [0.717, 1.165) is 18.3 Å². The molecule has 1 aromatic heterocycles. The maximum atomic E-state index is 4.43. The van der Waals surface area contributed by atoms with Gasteiger partial charge in [-0.15, -0.1) is 0 Å². The zero-order valence-electron chi connectivity index (χ0n) is 11.2. The quantitative estimate of drug-likeness (QED) is 0.887. The molecule has 3 rings (SSSR count). The fourth-order valence-electron chi connectivity index (χ4n) is 2.11. The van der Waals surface area contributed by atoms with Gasteiger partial charge in [-0.3, -0.25) is 4.98 Å². The zero-order chi connectivity index (χ0) is 13.1. The van der Waals surface area contributed by atoms with Crippen molar-refractivity contribution >= 4 is 11.4 Å². The Hall–Kier alpha value is -1.87. The molecule has 0 aliphatic heterocycles. The monoisotopic (exact) mass is 253 g/mol. The van der Waals surface area contributed by atoms with Crippen molar-refractivity contribution in [2.24, 2.45) is 0 Å². The molecule has 0 spiro atoms. The van der Waals surface area contributed by atoms with Gasteiger partial charge in [0.2, 0.25) is 0 Å². The summed E-state index contributed by atoms with van der Waals surface area (Å²) in [5.74, 6) is 0. The summed E-state index contributed by atoms with van der Waals surface area (Å²) in [5.41, 5.74) is 3.47. The molecule has 1 N–H and O–H groups in total. The van der Waals surface area contributed by atoms with Crippen molar-refractivity contribution in [2.75, 3.05) is 11.9 Å². The molecule has 1 aromatic carbocycles. The fraction of sp³-hybridized carbons (Fsp3) is 0.312. The Kier molecular flexibility index (Phi) is 3.47. The van der Waals surface area contributed by atoms with Crippen molar-refractivity contribution in [3.63, 3.8) is 0 Å². The predicted molar refractivity (Wildman–Crippen MR) is 78.6 cm³/mol. The minimum Gasteiger partial charge on any atom is -0.345 e. The van der Waals surface area contributed by atoms with E-state index in [0.29, 0.717) is 0 Å². The molecule has 0 amide bonds. The minimum absolute atomic E-state index is 0.720. The van der Waals surface area contributed by atoms with Gasteiger partial charge in [0, 0.05) is 37.2 Å². The first-order chi connectivity index (χ1) is 9.33. The number of hydrogen-bond acceptors (Lipinski definition) is 3. The first-order valence-electron chi connectivity index (χ1n) is 6.80. The van der Waals surface area contributed by atoms with E-state index >= 15 is 0 Å². The number of nitrogens with zero attached hydrogens (tertiary/aromatic N) is 2. The maximum absolute atomic E-state index is 4.43. The zero-order valence-corrected chi connectivity index (χ0v) is 11.2. The van der Waals surface area contributed by atoms with E-state index in [1.54, 1.807) is 0 Å². The molecule has 3 nitrogen and oxygen atoms in total. The van der Waals surface area contributed by atoms with Crippen molar-refractivity contribution in [3.8, 4) is 0 Å². The molecule has 0 radical (unpaired) electrons. The van der Waals surface area contributed by atoms with Crippen molar-refractivity contribution in [1.29, 1.82) is 0 Å². The Bertz CT molecular complexity index is 535. The molecule has 98 valence electrons. The van der Waals surface area contributed by atoms with Gasteiger partial charge >= 0.3 is 0 Å². The molecule has 2 aromatic rings. The molecule has 0 unspecified atom stereocenters. The second-order valence-corrected chi connectivity index (χ2v) is 5.06. The van der Waals surface area contributed by atoms with E-state index in [2.05, 4.69) is 52.6 Å². The van der Waals surface area contributed by atoms with Crippen LogP contribution in [0.1, 0.15) is 18.5 Å². The topological polar surface area (TPSA) is 28.2 Å². The van der Waals surface area contributed by atoms with Crippen LogP contribution in [0.4, 0.5) is 11.4 Å². The summed E-state index contributed by atoms with van der Waals surface area (Å²) in [4.78, 5) is 6.61. The lowest BCUT2D eigenvalue weighted by Crippen LogP contribution is -2.17. The van der Waals surface area contributed by atoms with Crippen LogP contribution in [-0.2, 0) is 6.54 Å². The highest BCUT2D eigenvalue weighted by Gasteiger charge is 2.20. The summed E-state index contributed by atoms with van der Waals surface area (Å²) in [6.45, 7) is 0.862. The molecule has 3 heteroatoms. The highest BCUT2D eigenvalue weighted by Crippen LogP contribution is 2.23. The Balaban J connectivity index is 1.74. The number of benzene rings is 1. The molecule has 1 aliphatic carbocycles. The second-order valence-electron chi connectivity index (χ2n) is 5.06. The molecular formula is C16H19N3. The Morgan fingerprint density at radius 2 is 1.95 bits per heavy atom. The van der Waals surface area contributed by atoms with Gasteiger partial charge in [0.15, 0.2) is 0 Å². The lowest BCUT2D eigenvalue weighted by Gasteiger charge is -2.19. The van der Waals surface area contributed by atoms with Gasteiger partial charge in [0.05, 0.1) is 5.69 Å². The van der Waals surface area contributed by atoms with Crippen LogP contribution in [-0.4, -0.2) is 18.1 Å². The largest absolute Gasteiger partial charge is 0.345 e. The predicted octanol–water partition coefficient (Wildman–Crippen LogP) is 3.10. The average Bonchev–Trinajstić information content (AvgIpc) is 3.30. The highest BCUT2D eigenvalue weighted by molar-refractivity contribution is 5.62. The molecule has 1 aliphatic rings. The summed E-state index contributed by atoms with van der Waals surface area (Å²) in [5, 5.41) is 3.50. The van der Waals surface area contributed by atoms with E-state index in [1.807, 2.05) is 18.3 Å². The SMILES string of the molecule is CN(c1ccccc1)c1ccnc(CNC2CC2)c1. The van der Waals surface area contributed by atoms with E-state index in [1.165, 1.54) is 24.2 Å². The van der Waals surface area contributed by atoms with Crippen molar-refractivity contribution in [3.05, 3.63) is 54.4 Å². The fourth-order valence-corrected chi connectivity index (χ4v) is 2.11. The van der Waals surface area contributed by atoms with Crippen LogP contribution in [0, 0.1) is 0 Å². The average molecular weight is 253 g/mol. The molecular weight excluding hydrogens is 234 g/mol. The van der Waals surface area contributed by atoms with E-state index in [4.69, 9.17) is 0 Å². The number of pyridine rings is 1. The Morgan fingerprint density at radius 1 is 1.16 bits per heavy atom. The first-order valence-corrected chi connectivity index (χ1v) is 6.80. The normalized spacial score (nSPS) is 14.4. The summed E-state index contributed by atoms with van der Waals surface area (Å²) >= 11 is 0. The molecule has 1 fully saturated rings. The lowest BCUT2D eigenvalue weighted by molar-refractivity contribution is 0.674. The van der Waals surface area contributed by atoms with Gasteiger partial charge in [-0.25, -0.2) is 0 Å². The smallest absolute Gasteiger partial charge is 0.0562 e. The number of nitrogens with one attached hydrogen (secondary N) is 1. The molecule has 0 saturated heterocycles. The summed E-state index contributed by atoms with van der Waals surface area (Å²) in [6.07, 6.45) is 4.51. The van der Waals surface area contributed by atoms with Gasteiger partial charge in [0.25, 0.3) is 0 Å². The maximum Gasteiger partial charge on any atom is 0.0562 e. The van der Waals surface area contributed by atoms with Crippen molar-refractivity contribution < 1.29 is 0 Å². The molecule has 0 bridgehead atoms. The van der Waals surface area contributed by atoms with Crippen molar-refractivity contribution in [1.82, 2.24) is 10.3 Å². The van der Waals surface area contributed by atoms with Gasteiger partial charge in [-0.05, 0) is 37.1 Å². The second kappa shape index (κ2) is 5.41. The number of hydrogen-bond donors (Lipinski definition) is 1. The van der Waals surface area contributed by atoms with Crippen LogP contribution in [0.25, 0.3) is 0 Å². The van der Waals surface area contributed by atoms with Gasteiger partial charge in [-0.2, -0.15) is 0 Å². The third-order valence-corrected chi connectivity index (χ3v) is 3.48.